The predicted molar refractivity (Wildman–Crippen MR) is 106 cm³/mol. The summed E-state index contributed by atoms with van der Waals surface area (Å²) in [5.74, 6) is 0.625. The molecular weight excluding hydrogens is 348 g/mol. The van der Waals surface area contributed by atoms with Crippen LogP contribution in [0.15, 0.2) is 49.2 Å². The van der Waals surface area contributed by atoms with Gasteiger partial charge in [-0.25, -0.2) is 4.98 Å². The highest BCUT2D eigenvalue weighted by Gasteiger charge is 2.17. The van der Waals surface area contributed by atoms with Crippen molar-refractivity contribution in [1.29, 1.82) is 0 Å². The number of hydrogen-bond donors (Lipinski definition) is 2. The number of amides is 1. The molecule has 6 heteroatoms. The van der Waals surface area contributed by atoms with E-state index in [1.807, 2.05) is 18.2 Å². The molecule has 0 unspecified atom stereocenters. The molecule has 1 aromatic heterocycles. The molecule has 1 aromatic carbocycles. The first-order chi connectivity index (χ1) is 12.7. The maximum Gasteiger partial charge on any atom is 0.253 e. The number of carbonyl (C=O) groups is 1. The van der Waals surface area contributed by atoms with E-state index in [1.54, 1.807) is 18.3 Å². The van der Waals surface area contributed by atoms with Crippen molar-refractivity contribution in [3.8, 4) is 0 Å². The SMILES string of the molecule is C=CCNC(=O)c1ccc(NCCN2CCc3c(Cl)cccc3C2)nc1. The number of rotatable bonds is 7. The van der Waals surface area contributed by atoms with Crippen LogP contribution in [0, 0.1) is 0 Å². The zero-order chi connectivity index (χ0) is 18.4. The highest BCUT2D eigenvalue weighted by atomic mass is 35.5. The highest BCUT2D eigenvalue weighted by Crippen LogP contribution is 2.25. The van der Waals surface area contributed by atoms with Gasteiger partial charge in [0.25, 0.3) is 5.91 Å². The van der Waals surface area contributed by atoms with E-state index in [-0.39, 0.29) is 5.91 Å². The summed E-state index contributed by atoms with van der Waals surface area (Å²) in [4.78, 5) is 18.5. The summed E-state index contributed by atoms with van der Waals surface area (Å²) in [7, 11) is 0. The normalized spacial score (nSPS) is 13.7. The summed E-state index contributed by atoms with van der Waals surface area (Å²) in [6, 6.07) is 9.73. The van der Waals surface area contributed by atoms with Crippen molar-refractivity contribution in [2.24, 2.45) is 0 Å². The van der Waals surface area contributed by atoms with E-state index < -0.39 is 0 Å². The second-order valence-electron chi connectivity index (χ2n) is 6.26. The fourth-order valence-electron chi connectivity index (χ4n) is 3.05. The Morgan fingerprint density at radius 2 is 2.23 bits per heavy atom. The standard InChI is InChI=1S/C20H23ClN4O/c1-2-9-23-20(26)15-6-7-19(24-13-15)22-10-12-25-11-8-17-16(14-25)4-3-5-18(17)21/h2-7,13H,1,8-12,14H2,(H,22,24)(H,23,26). The van der Waals surface area contributed by atoms with Crippen LogP contribution in [0.3, 0.4) is 0 Å². The minimum atomic E-state index is -0.144. The molecule has 0 saturated heterocycles. The molecule has 0 bridgehead atoms. The van der Waals surface area contributed by atoms with Crippen LogP contribution in [0.5, 0.6) is 0 Å². The molecule has 2 aromatic rings. The molecule has 0 aliphatic carbocycles. The summed E-state index contributed by atoms with van der Waals surface area (Å²) < 4.78 is 0. The summed E-state index contributed by atoms with van der Waals surface area (Å²) in [6.45, 7) is 7.68. The van der Waals surface area contributed by atoms with Crippen molar-refractivity contribution in [3.05, 3.63) is 70.9 Å². The number of anilines is 1. The van der Waals surface area contributed by atoms with Crippen molar-refractivity contribution >= 4 is 23.3 Å². The van der Waals surface area contributed by atoms with E-state index in [2.05, 4.69) is 33.2 Å². The van der Waals surface area contributed by atoms with Crippen LogP contribution in [0.25, 0.3) is 0 Å². The van der Waals surface area contributed by atoms with Crippen LogP contribution in [-0.2, 0) is 13.0 Å². The van der Waals surface area contributed by atoms with E-state index in [1.165, 1.54) is 11.1 Å². The van der Waals surface area contributed by atoms with Gasteiger partial charge in [-0.15, -0.1) is 6.58 Å². The first-order valence-corrected chi connectivity index (χ1v) is 9.13. The van der Waals surface area contributed by atoms with Crippen molar-refractivity contribution < 1.29 is 4.79 Å². The number of benzene rings is 1. The van der Waals surface area contributed by atoms with Gasteiger partial charge in [-0.2, -0.15) is 0 Å². The van der Waals surface area contributed by atoms with Gasteiger partial charge in [-0.05, 0) is 35.7 Å². The minimum Gasteiger partial charge on any atom is -0.369 e. The van der Waals surface area contributed by atoms with Crippen molar-refractivity contribution in [3.63, 3.8) is 0 Å². The Morgan fingerprint density at radius 1 is 1.35 bits per heavy atom. The van der Waals surface area contributed by atoms with Crippen LogP contribution in [0.4, 0.5) is 5.82 Å². The van der Waals surface area contributed by atoms with Gasteiger partial charge in [0.05, 0.1) is 5.56 Å². The van der Waals surface area contributed by atoms with Crippen LogP contribution in [0.1, 0.15) is 21.5 Å². The Bertz CT molecular complexity index is 776. The lowest BCUT2D eigenvalue weighted by Gasteiger charge is -2.29. The number of halogens is 1. The van der Waals surface area contributed by atoms with E-state index in [9.17, 15) is 4.79 Å². The molecule has 1 amide bonds. The number of pyridine rings is 1. The molecule has 136 valence electrons. The Balaban J connectivity index is 1.47. The molecule has 2 N–H and O–H groups in total. The number of hydrogen-bond acceptors (Lipinski definition) is 4. The van der Waals surface area contributed by atoms with Gasteiger partial charge in [0.2, 0.25) is 0 Å². The summed E-state index contributed by atoms with van der Waals surface area (Å²) in [5, 5.41) is 6.92. The number of nitrogens with one attached hydrogen (secondary N) is 2. The largest absolute Gasteiger partial charge is 0.369 e. The predicted octanol–water partition coefficient (Wildman–Crippen LogP) is 3.12. The van der Waals surface area contributed by atoms with Gasteiger partial charge < -0.3 is 10.6 Å². The first kappa shape index (κ1) is 18.4. The molecular formula is C20H23ClN4O. The van der Waals surface area contributed by atoms with Crippen molar-refractivity contribution in [1.82, 2.24) is 15.2 Å². The average Bonchev–Trinajstić information content (AvgIpc) is 2.67. The van der Waals surface area contributed by atoms with E-state index in [0.29, 0.717) is 12.1 Å². The number of fused-ring (bicyclic) bond motifs is 1. The third-order valence-electron chi connectivity index (χ3n) is 4.45. The van der Waals surface area contributed by atoms with Gasteiger partial charge >= 0.3 is 0 Å². The van der Waals surface area contributed by atoms with Crippen molar-refractivity contribution in [2.75, 3.05) is 31.5 Å². The Kier molecular flexibility index (Phi) is 6.26. The summed E-state index contributed by atoms with van der Waals surface area (Å²) in [5.41, 5.74) is 3.14. The second-order valence-corrected chi connectivity index (χ2v) is 6.67. The topological polar surface area (TPSA) is 57.3 Å². The molecule has 0 atom stereocenters. The minimum absolute atomic E-state index is 0.144. The lowest BCUT2D eigenvalue weighted by atomic mass is 10.00. The fourth-order valence-corrected chi connectivity index (χ4v) is 3.34. The van der Waals surface area contributed by atoms with Gasteiger partial charge in [0, 0.05) is 43.9 Å². The average molecular weight is 371 g/mol. The number of carbonyl (C=O) groups excluding carboxylic acids is 1. The number of nitrogens with zero attached hydrogens (tertiary/aromatic N) is 2. The van der Waals surface area contributed by atoms with Gasteiger partial charge in [-0.3, -0.25) is 9.69 Å². The zero-order valence-electron chi connectivity index (χ0n) is 14.7. The highest BCUT2D eigenvalue weighted by molar-refractivity contribution is 6.31. The molecule has 2 heterocycles. The first-order valence-electron chi connectivity index (χ1n) is 8.75. The smallest absolute Gasteiger partial charge is 0.253 e. The molecule has 1 aliphatic heterocycles. The van der Waals surface area contributed by atoms with E-state index in [0.717, 1.165) is 43.4 Å². The maximum absolute atomic E-state index is 11.8. The Labute approximate surface area is 159 Å². The molecule has 0 radical (unpaired) electrons. The van der Waals surface area contributed by atoms with Crippen LogP contribution in [-0.4, -0.2) is 42.0 Å². The molecule has 0 fully saturated rings. The lowest BCUT2D eigenvalue weighted by molar-refractivity contribution is 0.0957. The Hall–Kier alpha value is -2.37. The molecule has 1 aliphatic rings. The van der Waals surface area contributed by atoms with Crippen LogP contribution < -0.4 is 10.6 Å². The molecule has 0 spiro atoms. The van der Waals surface area contributed by atoms with Crippen LogP contribution >= 0.6 is 11.6 Å². The monoisotopic (exact) mass is 370 g/mol. The van der Waals surface area contributed by atoms with Crippen LogP contribution in [0.2, 0.25) is 5.02 Å². The fraction of sp³-hybridized carbons (Fsp3) is 0.300. The Morgan fingerprint density at radius 3 is 3.00 bits per heavy atom. The zero-order valence-corrected chi connectivity index (χ0v) is 15.4. The molecule has 3 rings (SSSR count). The second kappa shape index (κ2) is 8.83. The molecule has 0 saturated carbocycles. The molecule has 5 nitrogen and oxygen atoms in total. The summed E-state index contributed by atoms with van der Waals surface area (Å²) in [6.07, 6.45) is 4.22. The van der Waals surface area contributed by atoms with E-state index in [4.69, 9.17) is 11.6 Å². The third-order valence-corrected chi connectivity index (χ3v) is 4.81. The third kappa shape index (κ3) is 4.62. The quantitative estimate of drug-likeness (QED) is 0.735. The maximum atomic E-state index is 11.8. The molecule has 26 heavy (non-hydrogen) atoms. The van der Waals surface area contributed by atoms with E-state index >= 15 is 0 Å². The lowest BCUT2D eigenvalue weighted by Crippen LogP contribution is -2.34. The van der Waals surface area contributed by atoms with Crippen molar-refractivity contribution in [2.45, 2.75) is 13.0 Å². The number of aromatic nitrogens is 1. The summed E-state index contributed by atoms with van der Waals surface area (Å²) >= 11 is 6.26. The van der Waals surface area contributed by atoms with Gasteiger partial charge in [0.1, 0.15) is 5.82 Å². The van der Waals surface area contributed by atoms with Gasteiger partial charge in [0.15, 0.2) is 0 Å². The van der Waals surface area contributed by atoms with Gasteiger partial charge in [-0.1, -0.05) is 29.8 Å².